The molecule has 2 N–H and O–H groups in total. The van der Waals surface area contributed by atoms with E-state index in [1.165, 1.54) is 25.3 Å². The van der Waals surface area contributed by atoms with Crippen LogP contribution in [0.1, 0.15) is 43.6 Å². The van der Waals surface area contributed by atoms with E-state index in [1.54, 1.807) is 30.3 Å². The predicted molar refractivity (Wildman–Crippen MR) is 146 cm³/mol. The van der Waals surface area contributed by atoms with E-state index in [9.17, 15) is 23.9 Å². The monoisotopic (exact) mass is 537 g/mol. The van der Waals surface area contributed by atoms with Gasteiger partial charge in [-0.05, 0) is 57.5 Å². The van der Waals surface area contributed by atoms with Crippen LogP contribution < -0.4 is 17.0 Å². The standard InChI is InChI=1S/C27H29FN5O4P/c1-15-5-7-18(8-6-15)14-32-24(31-25(36)33(26(32)37)17(3)16(2)23(34)35)29-20-10-11-21-19(13-20)9-12-22(30-21)27(4,28)38/h5-13,16-17H,14,38H2,1-4H3,(H,34,35)(H,29,31,36)/t16-,17?,27?/m1/s1. The number of pyridine rings is 1. The SMILES string of the molecule is Cc1ccc(Cn2c(=O)n(C(C)[C@@H](C)C(=O)O)c(=O)[nH]/c2=N\c2ccc3nc(C(C)(F)P)ccc3c2)cc1. The Labute approximate surface area is 219 Å². The van der Waals surface area contributed by atoms with E-state index in [-0.39, 0.29) is 17.9 Å². The lowest BCUT2D eigenvalue weighted by Crippen LogP contribution is -2.52. The van der Waals surface area contributed by atoms with Crippen molar-refractivity contribution in [2.45, 2.75) is 45.7 Å². The molecule has 0 spiro atoms. The number of H-pyrrole nitrogens is 1. The largest absolute Gasteiger partial charge is 0.481 e. The summed E-state index contributed by atoms with van der Waals surface area (Å²) in [7, 11) is 2.12. The highest BCUT2D eigenvalue weighted by molar-refractivity contribution is 7.18. The minimum Gasteiger partial charge on any atom is -0.481 e. The lowest BCUT2D eigenvalue weighted by Gasteiger charge is -2.19. The van der Waals surface area contributed by atoms with Gasteiger partial charge in [0.25, 0.3) is 0 Å². The Hall–Kier alpha value is -3.91. The van der Waals surface area contributed by atoms with Crippen molar-refractivity contribution >= 4 is 31.8 Å². The van der Waals surface area contributed by atoms with Crippen LogP contribution in [0.25, 0.3) is 10.9 Å². The Kier molecular flexibility index (Phi) is 7.47. The minimum atomic E-state index is -1.67. The summed E-state index contributed by atoms with van der Waals surface area (Å²) in [6, 6.07) is 15.0. The second-order valence-corrected chi connectivity index (χ2v) is 10.7. The average molecular weight is 538 g/mol. The predicted octanol–water partition coefficient (Wildman–Crippen LogP) is 3.77. The van der Waals surface area contributed by atoms with Crippen molar-refractivity contribution in [2.24, 2.45) is 10.9 Å². The first-order valence-electron chi connectivity index (χ1n) is 12.0. The van der Waals surface area contributed by atoms with Crippen LogP contribution >= 0.6 is 9.24 Å². The van der Waals surface area contributed by atoms with Crippen LogP contribution in [-0.2, 0) is 16.7 Å². The fraction of sp³-hybridized carbons (Fsp3) is 0.296. The first-order valence-corrected chi connectivity index (χ1v) is 12.6. The number of alkyl halides is 1. The normalized spacial score (nSPS) is 15.3. The second kappa shape index (κ2) is 10.5. The lowest BCUT2D eigenvalue weighted by molar-refractivity contribution is -0.142. The molecule has 2 aromatic heterocycles. The first-order chi connectivity index (χ1) is 17.8. The van der Waals surface area contributed by atoms with Crippen molar-refractivity contribution in [3.8, 4) is 0 Å². The van der Waals surface area contributed by atoms with E-state index in [0.29, 0.717) is 16.6 Å². The van der Waals surface area contributed by atoms with Crippen LogP contribution in [0.15, 0.2) is 69.2 Å². The molecule has 38 heavy (non-hydrogen) atoms. The molecule has 2 aromatic carbocycles. The zero-order valence-electron chi connectivity index (χ0n) is 21.5. The van der Waals surface area contributed by atoms with Crippen molar-refractivity contribution in [3.05, 3.63) is 98.0 Å². The third-order valence-electron chi connectivity index (χ3n) is 6.52. The van der Waals surface area contributed by atoms with Gasteiger partial charge in [-0.3, -0.25) is 14.3 Å². The number of aliphatic carboxylic acids is 1. The van der Waals surface area contributed by atoms with Crippen LogP contribution in [0.4, 0.5) is 10.1 Å². The van der Waals surface area contributed by atoms with E-state index in [0.717, 1.165) is 15.7 Å². The smallest absolute Gasteiger partial charge is 0.335 e. The van der Waals surface area contributed by atoms with E-state index in [2.05, 4.69) is 24.2 Å². The molecular formula is C27H29FN5O4P. The van der Waals surface area contributed by atoms with E-state index in [4.69, 9.17) is 0 Å². The fourth-order valence-electron chi connectivity index (χ4n) is 4.00. The Morgan fingerprint density at radius 2 is 1.84 bits per heavy atom. The van der Waals surface area contributed by atoms with Crippen molar-refractivity contribution < 1.29 is 14.3 Å². The summed E-state index contributed by atoms with van der Waals surface area (Å²) >= 11 is 0. The number of halogens is 1. The van der Waals surface area contributed by atoms with Crippen LogP contribution in [0, 0.1) is 12.8 Å². The molecule has 0 fully saturated rings. The van der Waals surface area contributed by atoms with Gasteiger partial charge >= 0.3 is 17.3 Å². The molecule has 2 heterocycles. The molecule has 4 rings (SSSR count). The molecule has 0 aliphatic heterocycles. The average Bonchev–Trinajstić information content (AvgIpc) is 2.85. The Balaban J connectivity index is 1.89. The third-order valence-corrected chi connectivity index (χ3v) is 6.82. The van der Waals surface area contributed by atoms with Gasteiger partial charge < -0.3 is 5.11 Å². The van der Waals surface area contributed by atoms with Gasteiger partial charge in [0.05, 0.1) is 35.4 Å². The number of aryl methyl sites for hydroxylation is 1. The van der Waals surface area contributed by atoms with Gasteiger partial charge in [-0.25, -0.2) is 28.5 Å². The van der Waals surface area contributed by atoms with Crippen LogP contribution in [-0.4, -0.2) is 30.2 Å². The Morgan fingerprint density at radius 1 is 1.16 bits per heavy atom. The highest BCUT2D eigenvalue weighted by atomic mass is 31.0. The molecule has 4 aromatic rings. The summed E-state index contributed by atoms with van der Waals surface area (Å²) in [4.78, 5) is 49.7. The molecular weight excluding hydrogens is 508 g/mol. The number of nitrogens with one attached hydrogen (secondary N) is 1. The van der Waals surface area contributed by atoms with E-state index < -0.39 is 34.7 Å². The van der Waals surface area contributed by atoms with Crippen molar-refractivity contribution in [2.75, 3.05) is 0 Å². The summed E-state index contributed by atoms with van der Waals surface area (Å²) in [6.45, 7) is 6.41. The number of aromatic nitrogens is 4. The minimum absolute atomic E-state index is 0.0113. The molecule has 0 aliphatic rings. The van der Waals surface area contributed by atoms with E-state index in [1.807, 2.05) is 31.2 Å². The second-order valence-electron chi connectivity index (χ2n) is 9.61. The molecule has 4 atom stereocenters. The zero-order valence-corrected chi connectivity index (χ0v) is 22.6. The van der Waals surface area contributed by atoms with Gasteiger partial charge in [-0.2, -0.15) is 0 Å². The van der Waals surface area contributed by atoms with Gasteiger partial charge in [-0.15, -0.1) is 0 Å². The first kappa shape index (κ1) is 27.1. The number of nitrogens with zero attached hydrogens (tertiary/aromatic N) is 4. The highest BCUT2D eigenvalue weighted by Gasteiger charge is 2.25. The zero-order chi connectivity index (χ0) is 27.8. The van der Waals surface area contributed by atoms with Gasteiger partial charge in [0.15, 0.2) is 5.41 Å². The number of carboxylic acids is 1. The van der Waals surface area contributed by atoms with Crippen molar-refractivity contribution in [1.29, 1.82) is 0 Å². The summed E-state index contributed by atoms with van der Waals surface area (Å²) < 4.78 is 16.5. The lowest BCUT2D eigenvalue weighted by atomic mass is 10.0. The van der Waals surface area contributed by atoms with Crippen LogP contribution in [0.3, 0.4) is 0 Å². The van der Waals surface area contributed by atoms with Gasteiger partial charge in [0.2, 0.25) is 5.62 Å². The molecule has 0 aliphatic carbocycles. The number of carboxylic acid groups (broad SMARTS) is 1. The van der Waals surface area contributed by atoms with Gasteiger partial charge in [-0.1, -0.05) is 45.1 Å². The number of benzene rings is 2. The maximum atomic E-state index is 14.3. The van der Waals surface area contributed by atoms with Crippen molar-refractivity contribution in [1.82, 2.24) is 19.1 Å². The molecule has 0 radical (unpaired) electrons. The van der Waals surface area contributed by atoms with E-state index >= 15 is 0 Å². The van der Waals surface area contributed by atoms with Gasteiger partial charge in [0.1, 0.15) is 0 Å². The third kappa shape index (κ3) is 5.65. The Morgan fingerprint density at radius 3 is 2.47 bits per heavy atom. The fourth-order valence-corrected chi connectivity index (χ4v) is 4.16. The molecule has 0 saturated heterocycles. The number of rotatable bonds is 7. The molecule has 11 heteroatoms. The number of fused-ring (bicyclic) bond motifs is 1. The quantitative estimate of drug-likeness (QED) is 0.348. The maximum Gasteiger partial charge on any atom is 0.335 e. The van der Waals surface area contributed by atoms with Crippen molar-refractivity contribution in [3.63, 3.8) is 0 Å². The molecule has 0 bridgehead atoms. The highest BCUT2D eigenvalue weighted by Crippen LogP contribution is 2.32. The number of carbonyl (C=O) groups is 1. The molecule has 9 nitrogen and oxygen atoms in total. The number of hydrogen-bond donors (Lipinski definition) is 2. The number of hydrogen-bond acceptors (Lipinski definition) is 5. The topological polar surface area (TPSA) is 122 Å². The summed E-state index contributed by atoms with van der Waals surface area (Å²) in [6.07, 6.45) is 0. The number of aromatic amines is 1. The molecule has 0 amide bonds. The summed E-state index contributed by atoms with van der Waals surface area (Å²) in [5.41, 5.74) is 1.71. The summed E-state index contributed by atoms with van der Waals surface area (Å²) in [5.74, 6) is -2.10. The Bertz CT molecular complexity index is 1700. The maximum absolute atomic E-state index is 14.3. The van der Waals surface area contributed by atoms with Crippen LogP contribution in [0.5, 0.6) is 0 Å². The molecule has 0 saturated carbocycles. The summed E-state index contributed by atoms with van der Waals surface area (Å²) in [5, 5.41) is 8.48. The molecule has 198 valence electrons. The van der Waals surface area contributed by atoms with Gasteiger partial charge in [0, 0.05) is 5.39 Å². The van der Waals surface area contributed by atoms with Crippen LogP contribution in [0.2, 0.25) is 0 Å². The molecule has 3 unspecified atom stereocenters.